The maximum Gasteiger partial charge on any atom is 0.228 e. The average molecular weight is 472 g/mol. The Morgan fingerprint density at radius 2 is 1.79 bits per heavy atom. The van der Waals surface area contributed by atoms with Crippen molar-refractivity contribution in [3.8, 4) is 5.88 Å². The van der Waals surface area contributed by atoms with E-state index < -0.39 is 0 Å². The highest BCUT2D eigenvalue weighted by molar-refractivity contribution is 6.30. The molecule has 0 spiro atoms. The molecule has 33 heavy (non-hydrogen) atoms. The molecule has 0 radical (unpaired) electrons. The summed E-state index contributed by atoms with van der Waals surface area (Å²) in [5.41, 5.74) is 1.44. The molecule has 8 heteroatoms. The van der Waals surface area contributed by atoms with E-state index in [-0.39, 0.29) is 29.7 Å². The number of ether oxygens (including phenoxy) is 1. The smallest absolute Gasteiger partial charge is 0.228 e. The number of benzene rings is 1. The predicted octanol–water partition coefficient (Wildman–Crippen LogP) is 5.42. The first-order valence-corrected chi connectivity index (χ1v) is 11.9. The number of nitrogens with one attached hydrogen (secondary N) is 1. The Labute approximate surface area is 200 Å². The molecule has 1 aliphatic heterocycles. The summed E-state index contributed by atoms with van der Waals surface area (Å²) in [5, 5.41) is 16.1. The topological polar surface area (TPSA) is 75.4 Å². The Morgan fingerprint density at radius 1 is 1.15 bits per heavy atom. The van der Waals surface area contributed by atoms with Gasteiger partial charge in [-0.25, -0.2) is 4.98 Å². The van der Waals surface area contributed by atoms with Crippen LogP contribution in [0.4, 0.5) is 11.8 Å². The van der Waals surface area contributed by atoms with Crippen molar-refractivity contribution in [3.05, 3.63) is 41.0 Å². The number of nitrogens with zero attached hydrogens (tertiary/aromatic N) is 4. The lowest BCUT2D eigenvalue weighted by Crippen LogP contribution is -2.46. The first kappa shape index (κ1) is 23.6. The highest BCUT2D eigenvalue weighted by Gasteiger charge is 2.28. The van der Waals surface area contributed by atoms with Crippen LogP contribution in [0.3, 0.4) is 0 Å². The third-order valence-electron chi connectivity index (χ3n) is 5.93. The van der Waals surface area contributed by atoms with Crippen molar-refractivity contribution >= 4 is 34.3 Å². The van der Waals surface area contributed by atoms with E-state index >= 15 is 0 Å². The van der Waals surface area contributed by atoms with Crippen molar-refractivity contribution in [2.45, 2.75) is 71.8 Å². The number of hydrogen-bond acceptors (Lipinski definition) is 6. The van der Waals surface area contributed by atoms with Crippen LogP contribution in [0.25, 0.3) is 10.9 Å². The van der Waals surface area contributed by atoms with Crippen molar-refractivity contribution in [1.82, 2.24) is 14.5 Å². The van der Waals surface area contributed by atoms with Gasteiger partial charge in [0, 0.05) is 35.9 Å². The molecular formula is C25H34ClN5O2. The molecule has 1 aliphatic rings. The van der Waals surface area contributed by atoms with Crippen LogP contribution in [-0.2, 0) is 11.2 Å². The molecule has 3 aromatic rings. The standard InChI is InChI=1S/C25H34ClN5O2/c1-15(2)31-14-20-21(23(31)32)27-24(30-12-16(3)33-17(4)13-30)28-22(20)29-25(5,6)11-18-7-9-19(26)10-8-18/h7-10,14-17,32H,11-13H2,1-6H3,(H,27,28,29)/t16-,17+. The minimum absolute atomic E-state index is 0.0830. The van der Waals surface area contributed by atoms with E-state index in [0.717, 1.165) is 22.6 Å². The Morgan fingerprint density at radius 3 is 2.39 bits per heavy atom. The number of hydrogen-bond donors (Lipinski definition) is 2. The summed E-state index contributed by atoms with van der Waals surface area (Å²) >= 11 is 6.06. The Hall–Kier alpha value is -2.51. The van der Waals surface area contributed by atoms with E-state index in [0.29, 0.717) is 24.6 Å². The van der Waals surface area contributed by atoms with Gasteiger partial charge in [0.25, 0.3) is 0 Å². The highest BCUT2D eigenvalue weighted by Crippen LogP contribution is 2.35. The fourth-order valence-electron chi connectivity index (χ4n) is 4.52. The van der Waals surface area contributed by atoms with Gasteiger partial charge in [0.05, 0.1) is 17.6 Å². The summed E-state index contributed by atoms with van der Waals surface area (Å²) in [7, 11) is 0. The molecule has 2 N–H and O–H groups in total. The Balaban J connectivity index is 1.74. The molecule has 0 unspecified atom stereocenters. The van der Waals surface area contributed by atoms with Crippen molar-refractivity contribution in [2.24, 2.45) is 0 Å². The van der Waals surface area contributed by atoms with Crippen LogP contribution in [0.15, 0.2) is 30.5 Å². The lowest BCUT2D eigenvalue weighted by molar-refractivity contribution is -0.00569. The highest BCUT2D eigenvalue weighted by atomic mass is 35.5. The molecule has 0 bridgehead atoms. The van der Waals surface area contributed by atoms with Gasteiger partial charge in [-0.1, -0.05) is 23.7 Å². The van der Waals surface area contributed by atoms with Gasteiger partial charge in [-0.15, -0.1) is 0 Å². The molecule has 4 rings (SSSR count). The van der Waals surface area contributed by atoms with Crippen LogP contribution in [0.2, 0.25) is 5.02 Å². The van der Waals surface area contributed by atoms with Gasteiger partial charge in [0.15, 0.2) is 0 Å². The van der Waals surface area contributed by atoms with Gasteiger partial charge in [-0.3, -0.25) is 0 Å². The zero-order valence-corrected chi connectivity index (χ0v) is 21.0. The molecule has 178 valence electrons. The summed E-state index contributed by atoms with van der Waals surface area (Å²) in [5.74, 6) is 1.48. The lowest BCUT2D eigenvalue weighted by atomic mass is 9.95. The second kappa shape index (κ2) is 9.03. The molecule has 1 saturated heterocycles. The third-order valence-corrected chi connectivity index (χ3v) is 6.19. The fraction of sp³-hybridized carbons (Fsp3) is 0.520. The number of rotatable bonds is 6. The normalized spacial score (nSPS) is 19.5. The van der Waals surface area contributed by atoms with Gasteiger partial charge in [-0.2, -0.15) is 4.98 Å². The summed E-state index contributed by atoms with van der Waals surface area (Å²) in [6.45, 7) is 13.9. The van der Waals surface area contributed by atoms with E-state index in [9.17, 15) is 5.11 Å². The molecule has 3 heterocycles. The summed E-state index contributed by atoms with van der Waals surface area (Å²) in [6, 6.07) is 8.01. The van der Waals surface area contributed by atoms with Crippen LogP contribution in [0, 0.1) is 0 Å². The number of anilines is 2. The summed E-state index contributed by atoms with van der Waals surface area (Å²) in [6.07, 6.45) is 2.89. The molecule has 2 aromatic heterocycles. The molecule has 1 aromatic carbocycles. The van der Waals surface area contributed by atoms with Gasteiger partial charge in [-0.05, 0) is 65.7 Å². The molecule has 0 amide bonds. The summed E-state index contributed by atoms with van der Waals surface area (Å²) < 4.78 is 7.73. The zero-order valence-electron chi connectivity index (χ0n) is 20.3. The number of halogens is 1. The molecule has 1 fully saturated rings. The van der Waals surface area contributed by atoms with Crippen LogP contribution >= 0.6 is 11.6 Å². The second-order valence-electron chi connectivity index (χ2n) is 10.1. The van der Waals surface area contributed by atoms with E-state index in [1.54, 1.807) is 0 Å². The van der Waals surface area contributed by atoms with Crippen LogP contribution in [0.1, 0.15) is 53.1 Å². The van der Waals surface area contributed by atoms with E-state index in [2.05, 4.69) is 37.9 Å². The van der Waals surface area contributed by atoms with E-state index in [1.165, 1.54) is 5.56 Å². The van der Waals surface area contributed by atoms with Crippen molar-refractivity contribution < 1.29 is 9.84 Å². The van der Waals surface area contributed by atoms with Gasteiger partial charge in [0.1, 0.15) is 11.3 Å². The maximum absolute atomic E-state index is 11.0. The van der Waals surface area contributed by atoms with Gasteiger partial charge >= 0.3 is 0 Å². The Kier molecular flexibility index (Phi) is 6.47. The molecule has 2 atom stereocenters. The number of aromatic hydroxyl groups is 1. The van der Waals surface area contributed by atoms with E-state index in [4.69, 9.17) is 26.3 Å². The van der Waals surface area contributed by atoms with E-state index in [1.807, 2.05) is 48.9 Å². The molecular weight excluding hydrogens is 438 g/mol. The molecule has 0 saturated carbocycles. The average Bonchev–Trinajstić information content (AvgIpc) is 3.06. The van der Waals surface area contributed by atoms with Gasteiger partial charge < -0.3 is 24.6 Å². The number of morpholine rings is 1. The quantitative estimate of drug-likeness (QED) is 0.500. The second-order valence-corrected chi connectivity index (χ2v) is 10.5. The fourth-order valence-corrected chi connectivity index (χ4v) is 4.65. The van der Waals surface area contributed by atoms with Crippen molar-refractivity contribution in [2.75, 3.05) is 23.3 Å². The first-order valence-electron chi connectivity index (χ1n) is 11.6. The third kappa shape index (κ3) is 5.20. The summed E-state index contributed by atoms with van der Waals surface area (Å²) in [4.78, 5) is 11.9. The van der Waals surface area contributed by atoms with Crippen molar-refractivity contribution in [1.29, 1.82) is 0 Å². The van der Waals surface area contributed by atoms with Crippen LogP contribution in [0.5, 0.6) is 5.88 Å². The Bertz CT molecular complexity index is 1120. The van der Waals surface area contributed by atoms with Gasteiger partial charge in [0.2, 0.25) is 11.8 Å². The number of aromatic nitrogens is 3. The largest absolute Gasteiger partial charge is 0.493 e. The minimum Gasteiger partial charge on any atom is -0.493 e. The van der Waals surface area contributed by atoms with Crippen LogP contribution in [-0.4, -0.2) is 50.5 Å². The zero-order chi connectivity index (χ0) is 23.9. The maximum atomic E-state index is 11.0. The molecule has 7 nitrogen and oxygen atoms in total. The lowest BCUT2D eigenvalue weighted by Gasteiger charge is -2.35. The SMILES string of the molecule is CC(C)n1cc2c(NC(C)(C)Cc3ccc(Cl)cc3)nc(N3C[C@@H](C)O[C@@H](C)C3)nc2c1O. The number of fused-ring (bicyclic) bond motifs is 1. The predicted molar refractivity (Wildman–Crippen MR) is 135 cm³/mol. The first-order chi connectivity index (χ1) is 15.5. The van der Waals surface area contributed by atoms with Crippen molar-refractivity contribution in [3.63, 3.8) is 0 Å². The monoisotopic (exact) mass is 471 g/mol. The van der Waals surface area contributed by atoms with Crippen LogP contribution < -0.4 is 10.2 Å². The molecule has 0 aliphatic carbocycles. The minimum atomic E-state index is -0.298.